The van der Waals surface area contributed by atoms with Crippen LogP contribution in [-0.4, -0.2) is 9.13 Å². The van der Waals surface area contributed by atoms with E-state index in [-0.39, 0.29) is 0 Å². The minimum Gasteiger partial charge on any atom is -0.310 e. The minimum atomic E-state index is 0.986. The number of aromatic nitrogens is 2. The van der Waals surface area contributed by atoms with Crippen molar-refractivity contribution in [1.29, 1.82) is 0 Å². The van der Waals surface area contributed by atoms with Crippen molar-refractivity contribution >= 4 is 76.4 Å². The molecular weight excluding hydrogens is 625 g/mol. The fourth-order valence-electron chi connectivity index (χ4n) is 8.23. The van der Waals surface area contributed by atoms with Crippen molar-refractivity contribution in [1.82, 2.24) is 9.13 Å². The Bertz CT molecular complexity index is 3120. The summed E-state index contributed by atoms with van der Waals surface area (Å²) in [6, 6.07) is 58.1. The van der Waals surface area contributed by atoms with Crippen molar-refractivity contribution in [2.45, 2.75) is 6.42 Å². The van der Waals surface area contributed by atoms with Crippen LogP contribution in [0, 0.1) is 0 Å². The number of nitrogens with zero attached hydrogens (tertiary/aromatic N) is 2. The molecule has 1 aliphatic carbocycles. The lowest BCUT2D eigenvalue weighted by Gasteiger charge is -2.11. The van der Waals surface area contributed by atoms with E-state index in [1.54, 1.807) is 0 Å². The van der Waals surface area contributed by atoms with Crippen molar-refractivity contribution in [2.75, 3.05) is 0 Å². The summed E-state index contributed by atoms with van der Waals surface area (Å²) in [5.74, 6) is 0. The minimum absolute atomic E-state index is 0.986. The van der Waals surface area contributed by atoms with E-state index in [2.05, 4.69) is 179 Å². The van der Waals surface area contributed by atoms with E-state index in [0.29, 0.717) is 0 Å². The Morgan fingerprint density at radius 2 is 1.06 bits per heavy atom. The van der Waals surface area contributed by atoms with E-state index in [1.807, 2.05) is 11.3 Å². The Balaban J connectivity index is 1.06. The van der Waals surface area contributed by atoms with E-state index in [9.17, 15) is 0 Å². The van der Waals surface area contributed by atoms with Crippen molar-refractivity contribution in [2.24, 2.45) is 0 Å². The molecule has 0 unspecified atom stereocenters. The lowest BCUT2D eigenvalue weighted by Crippen LogP contribution is -2.25. The molecule has 0 radical (unpaired) electrons. The molecule has 10 aromatic rings. The molecule has 0 fully saturated rings. The summed E-state index contributed by atoms with van der Waals surface area (Å²) in [5.41, 5.74) is 11.0. The van der Waals surface area contributed by atoms with Gasteiger partial charge in [-0.3, -0.25) is 0 Å². The summed E-state index contributed by atoms with van der Waals surface area (Å²) in [6.07, 6.45) is 5.69. The molecule has 0 saturated carbocycles. The van der Waals surface area contributed by atoms with E-state index in [0.717, 1.165) is 6.42 Å². The summed E-state index contributed by atoms with van der Waals surface area (Å²) in [6.45, 7) is 0. The molecule has 11 rings (SSSR count). The highest BCUT2D eigenvalue weighted by Crippen LogP contribution is 2.39. The van der Waals surface area contributed by atoms with Crippen molar-refractivity contribution in [3.8, 4) is 33.6 Å². The van der Waals surface area contributed by atoms with Crippen LogP contribution >= 0.6 is 11.3 Å². The summed E-state index contributed by atoms with van der Waals surface area (Å²) >= 11 is 1.87. The van der Waals surface area contributed by atoms with Gasteiger partial charge < -0.3 is 9.13 Å². The molecule has 0 amide bonds. The molecule has 234 valence electrons. The molecule has 1 aliphatic rings. The first-order valence-corrected chi connectivity index (χ1v) is 18.1. The second kappa shape index (κ2) is 10.7. The highest BCUT2D eigenvalue weighted by atomic mass is 32.1. The number of rotatable bonds is 4. The highest BCUT2D eigenvalue weighted by molar-refractivity contribution is 7.25. The molecule has 0 N–H and O–H groups in total. The van der Waals surface area contributed by atoms with E-state index < -0.39 is 0 Å². The second-order valence-electron chi connectivity index (χ2n) is 13.3. The lowest BCUT2D eigenvalue weighted by molar-refractivity contribution is 1.07. The third-order valence-electron chi connectivity index (χ3n) is 10.5. The Morgan fingerprint density at radius 1 is 0.380 bits per heavy atom. The van der Waals surface area contributed by atoms with Gasteiger partial charge in [0.1, 0.15) is 0 Å². The third-order valence-corrected chi connectivity index (χ3v) is 11.6. The van der Waals surface area contributed by atoms with Crippen LogP contribution in [0.3, 0.4) is 0 Å². The van der Waals surface area contributed by atoms with Crippen molar-refractivity contribution in [3.63, 3.8) is 0 Å². The Labute approximate surface area is 292 Å². The van der Waals surface area contributed by atoms with Gasteiger partial charge in [0.05, 0.1) is 21.9 Å². The first-order valence-electron chi connectivity index (χ1n) is 17.2. The Hall–Kier alpha value is -6.16. The molecule has 50 heavy (non-hydrogen) atoms. The summed E-state index contributed by atoms with van der Waals surface area (Å²) in [4.78, 5) is 0. The molecule has 0 bridgehead atoms. The van der Waals surface area contributed by atoms with Gasteiger partial charge in [-0.25, -0.2) is 0 Å². The molecule has 0 spiro atoms. The van der Waals surface area contributed by atoms with Crippen LogP contribution in [0.1, 0.15) is 6.42 Å². The SMILES string of the molecule is C1=c2c(n(-c3ccccc3)c3cc(-c4ccc5c(c4)c4ccccc4n5-c4cccc(-c5ccc6c(c5)sc5ccccc56)c4)ccc23)=CC1. The van der Waals surface area contributed by atoms with Crippen LogP contribution < -0.4 is 10.6 Å². The van der Waals surface area contributed by atoms with Gasteiger partial charge in [0.25, 0.3) is 0 Å². The number of hydrogen-bond acceptors (Lipinski definition) is 1. The van der Waals surface area contributed by atoms with Gasteiger partial charge in [0, 0.05) is 52.9 Å². The monoisotopic (exact) mass is 654 g/mol. The zero-order valence-electron chi connectivity index (χ0n) is 27.2. The quantitative estimate of drug-likeness (QED) is 0.179. The number of thiophene rings is 1. The van der Waals surface area contributed by atoms with Gasteiger partial charge >= 0.3 is 0 Å². The van der Waals surface area contributed by atoms with Crippen LogP contribution in [0.4, 0.5) is 0 Å². The predicted molar refractivity (Wildman–Crippen MR) is 214 cm³/mol. The molecule has 0 atom stereocenters. The third kappa shape index (κ3) is 4.08. The maximum absolute atomic E-state index is 2.43. The number of benzene rings is 7. The first kappa shape index (κ1) is 27.8. The van der Waals surface area contributed by atoms with Crippen LogP contribution in [-0.2, 0) is 0 Å². The van der Waals surface area contributed by atoms with E-state index >= 15 is 0 Å². The molecular formula is C47H30N2S. The molecule has 3 heteroatoms. The zero-order valence-corrected chi connectivity index (χ0v) is 28.0. The van der Waals surface area contributed by atoms with Gasteiger partial charge in [-0.1, -0.05) is 109 Å². The summed E-state index contributed by atoms with van der Waals surface area (Å²) in [5, 5.41) is 9.15. The van der Waals surface area contributed by atoms with Crippen LogP contribution in [0.25, 0.3) is 98.7 Å². The first-order chi connectivity index (χ1) is 24.8. The smallest absolute Gasteiger partial charge is 0.0547 e. The predicted octanol–water partition coefficient (Wildman–Crippen LogP) is 11.4. The average Bonchev–Trinajstić information content (AvgIpc) is 3.94. The molecule has 3 aromatic heterocycles. The van der Waals surface area contributed by atoms with Crippen LogP contribution in [0.2, 0.25) is 0 Å². The van der Waals surface area contributed by atoms with Gasteiger partial charge in [-0.15, -0.1) is 11.3 Å². The van der Waals surface area contributed by atoms with Gasteiger partial charge in [-0.05, 0) is 89.3 Å². The molecule has 2 nitrogen and oxygen atoms in total. The maximum atomic E-state index is 2.43. The normalized spacial score (nSPS) is 12.6. The fourth-order valence-corrected chi connectivity index (χ4v) is 9.38. The van der Waals surface area contributed by atoms with E-state index in [1.165, 1.54) is 97.1 Å². The largest absolute Gasteiger partial charge is 0.310 e. The molecule has 3 heterocycles. The highest BCUT2D eigenvalue weighted by Gasteiger charge is 2.16. The fraction of sp³-hybridized carbons (Fsp3) is 0.0213. The van der Waals surface area contributed by atoms with Gasteiger partial charge in [0.15, 0.2) is 0 Å². The van der Waals surface area contributed by atoms with E-state index in [4.69, 9.17) is 0 Å². The van der Waals surface area contributed by atoms with Crippen molar-refractivity contribution in [3.05, 3.63) is 168 Å². The second-order valence-corrected chi connectivity index (χ2v) is 14.4. The maximum Gasteiger partial charge on any atom is 0.0547 e. The lowest BCUT2D eigenvalue weighted by atomic mass is 10.0. The Morgan fingerprint density at radius 3 is 1.98 bits per heavy atom. The van der Waals surface area contributed by atoms with Gasteiger partial charge in [-0.2, -0.15) is 0 Å². The topological polar surface area (TPSA) is 9.86 Å². The molecule has 0 saturated heterocycles. The number of fused-ring (bicyclic) bond motifs is 9. The molecule has 0 aliphatic heterocycles. The summed E-state index contributed by atoms with van der Waals surface area (Å²) in [7, 11) is 0. The van der Waals surface area contributed by atoms with Crippen LogP contribution in [0.5, 0.6) is 0 Å². The number of hydrogen-bond donors (Lipinski definition) is 0. The van der Waals surface area contributed by atoms with Crippen LogP contribution in [0.15, 0.2) is 158 Å². The number of para-hydroxylation sites is 2. The average molecular weight is 655 g/mol. The summed E-state index contributed by atoms with van der Waals surface area (Å²) < 4.78 is 7.51. The zero-order chi connectivity index (χ0) is 32.8. The molecule has 7 aromatic carbocycles. The standard InChI is InChI=1S/C47H30N2S/c1-2-11-34(12-3-1)48-43-18-9-16-36(43)38-23-20-32(28-45(38)48)31-22-25-44-41(27-31)37-14-4-6-17-42(37)49(44)35-13-8-10-30(26-35)33-21-24-40-39-15-5-7-19-46(39)50-47(40)29-33/h1-8,10-29H,9H2. The Kier molecular flexibility index (Phi) is 5.92. The van der Waals surface area contributed by atoms with Gasteiger partial charge in [0.2, 0.25) is 0 Å². The van der Waals surface area contributed by atoms with Crippen molar-refractivity contribution < 1.29 is 0 Å².